The van der Waals surface area contributed by atoms with Gasteiger partial charge in [0.2, 0.25) is 0 Å². The van der Waals surface area contributed by atoms with Crippen molar-refractivity contribution >= 4 is 28.4 Å². The zero-order valence-corrected chi connectivity index (χ0v) is 21.2. The zero-order valence-electron chi connectivity index (χ0n) is 20.4. The highest BCUT2D eigenvalue weighted by Crippen LogP contribution is 2.37. The van der Waals surface area contributed by atoms with Crippen molar-refractivity contribution in [3.8, 4) is 21.9 Å². The van der Waals surface area contributed by atoms with E-state index in [0.29, 0.717) is 25.0 Å². The Labute approximate surface area is 207 Å². The van der Waals surface area contributed by atoms with Gasteiger partial charge in [-0.25, -0.2) is 0 Å². The van der Waals surface area contributed by atoms with Crippen LogP contribution in [0.1, 0.15) is 27.7 Å². The van der Waals surface area contributed by atoms with E-state index >= 15 is 0 Å². The summed E-state index contributed by atoms with van der Waals surface area (Å²) in [5.41, 5.74) is 4.49. The molecule has 0 amide bonds. The first-order valence-corrected chi connectivity index (χ1v) is 12.8. The largest absolute Gasteiger partial charge is 0.493 e. The maximum Gasteiger partial charge on any atom is 0.119 e. The smallest absolute Gasteiger partial charge is 0.119 e. The number of benzene rings is 3. The van der Waals surface area contributed by atoms with Gasteiger partial charge < -0.3 is 14.4 Å². The van der Waals surface area contributed by atoms with Crippen LogP contribution in [-0.2, 0) is 0 Å². The van der Waals surface area contributed by atoms with Crippen LogP contribution in [0.15, 0.2) is 90.3 Å². The highest BCUT2D eigenvalue weighted by Gasteiger charge is 2.14. The lowest BCUT2D eigenvalue weighted by atomic mass is 10.1. The lowest BCUT2D eigenvalue weighted by molar-refractivity contribution is 0.271. The normalized spacial score (nSPS) is 11.1. The van der Waals surface area contributed by atoms with Crippen molar-refractivity contribution in [1.29, 1.82) is 0 Å². The average molecular weight is 472 g/mol. The van der Waals surface area contributed by atoms with Gasteiger partial charge in [-0.05, 0) is 89.5 Å². The predicted octanol–water partition coefficient (Wildman–Crippen LogP) is 8.95. The van der Waals surface area contributed by atoms with Gasteiger partial charge in [0.05, 0.1) is 13.2 Å². The lowest BCUT2D eigenvalue weighted by Gasteiger charge is -2.26. The van der Waals surface area contributed by atoms with Crippen molar-refractivity contribution in [1.82, 2.24) is 0 Å². The van der Waals surface area contributed by atoms with Gasteiger partial charge in [0.15, 0.2) is 0 Å². The van der Waals surface area contributed by atoms with Crippen LogP contribution in [-0.4, -0.2) is 13.2 Å². The molecule has 4 aromatic rings. The van der Waals surface area contributed by atoms with E-state index < -0.39 is 0 Å². The Morgan fingerprint density at radius 2 is 1.06 bits per heavy atom. The van der Waals surface area contributed by atoms with Crippen LogP contribution in [0, 0.1) is 11.8 Å². The molecule has 0 saturated heterocycles. The SMILES string of the molecule is CC(C)COc1ccc(N(c2ccc(OCC(C)C)cc2)c2ccc(-c3cccs3)cc2)cc1. The summed E-state index contributed by atoms with van der Waals surface area (Å²) in [6.45, 7) is 10.1. The van der Waals surface area contributed by atoms with Gasteiger partial charge >= 0.3 is 0 Å². The number of nitrogens with zero attached hydrogens (tertiary/aromatic N) is 1. The number of thiophene rings is 1. The second kappa shape index (κ2) is 11.3. The quantitative estimate of drug-likeness (QED) is 0.230. The minimum Gasteiger partial charge on any atom is -0.493 e. The van der Waals surface area contributed by atoms with Crippen LogP contribution in [0.5, 0.6) is 11.5 Å². The van der Waals surface area contributed by atoms with Crippen molar-refractivity contribution in [3.63, 3.8) is 0 Å². The standard InChI is InChI=1S/C30H33NO2S/c1-22(2)20-32-28-15-11-26(12-16-28)31(27-13-17-29(18-14-27)33-21-23(3)4)25-9-7-24(8-10-25)30-6-5-19-34-30/h5-19,22-23H,20-21H2,1-4H3. The van der Waals surface area contributed by atoms with E-state index in [1.807, 2.05) is 24.3 Å². The molecular weight excluding hydrogens is 438 g/mol. The average Bonchev–Trinajstić information content (AvgIpc) is 3.39. The molecule has 0 saturated carbocycles. The summed E-state index contributed by atoms with van der Waals surface area (Å²) in [6.07, 6.45) is 0. The second-order valence-corrected chi connectivity index (χ2v) is 10.2. The Balaban J connectivity index is 1.63. The number of ether oxygens (including phenoxy) is 2. The number of hydrogen-bond donors (Lipinski definition) is 0. The summed E-state index contributed by atoms with van der Waals surface area (Å²) in [5.74, 6) is 2.77. The molecule has 0 spiro atoms. The third-order valence-corrected chi connectivity index (χ3v) is 6.21. The topological polar surface area (TPSA) is 21.7 Å². The van der Waals surface area contributed by atoms with Crippen LogP contribution in [0.4, 0.5) is 17.1 Å². The Morgan fingerprint density at radius 3 is 1.44 bits per heavy atom. The molecule has 0 atom stereocenters. The van der Waals surface area contributed by atoms with Gasteiger partial charge in [-0.3, -0.25) is 0 Å². The van der Waals surface area contributed by atoms with Crippen LogP contribution in [0.2, 0.25) is 0 Å². The third kappa shape index (κ3) is 6.21. The van der Waals surface area contributed by atoms with E-state index in [-0.39, 0.29) is 0 Å². The molecule has 0 radical (unpaired) electrons. The molecule has 1 aromatic heterocycles. The van der Waals surface area contributed by atoms with Crippen LogP contribution < -0.4 is 14.4 Å². The molecule has 3 aromatic carbocycles. The molecule has 4 heteroatoms. The highest BCUT2D eigenvalue weighted by molar-refractivity contribution is 7.13. The summed E-state index contributed by atoms with van der Waals surface area (Å²) >= 11 is 1.76. The molecule has 0 aliphatic rings. The van der Waals surface area contributed by atoms with E-state index in [2.05, 4.69) is 98.6 Å². The van der Waals surface area contributed by atoms with Crippen molar-refractivity contribution in [2.75, 3.05) is 18.1 Å². The van der Waals surface area contributed by atoms with Gasteiger partial charge in [0, 0.05) is 21.9 Å². The van der Waals surface area contributed by atoms with Gasteiger partial charge in [-0.2, -0.15) is 0 Å². The molecule has 0 N–H and O–H groups in total. The van der Waals surface area contributed by atoms with E-state index in [4.69, 9.17) is 9.47 Å². The van der Waals surface area contributed by atoms with Crippen molar-refractivity contribution in [3.05, 3.63) is 90.3 Å². The fourth-order valence-corrected chi connectivity index (χ4v) is 4.31. The van der Waals surface area contributed by atoms with Gasteiger partial charge in [-0.15, -0.1) is 11.3 Å². The second-order valence-electron chi connectivity index (χ2n) is 9.26. The fourth-order valence-electron chi connectivity index (χ4n) is 3.57. The molecule has 1 heterocycles. The van der Waals surface area contributed by atoms with E-state index in [0.717, 1.165) is 28.6 Å². The Morgan fingerprint density at radius 1 is 0.618 bits per heavy atom. The summed E-state index contributed by atoms with van der Waals surface area (Å²) in [6, 6.07) is 29.6. The molecule has 0 aliphatic heterocycles. The molecule has 0 bridgehead atoms. The molecule has 34 heavy (non-hydrogen) atoms. The first-order valence-electron chi connectivity index (χ1n) is 11.9. The van der Waals surface area contributed by atoms with Gasteiger partial charge in [0.1, 0.15) is 11.5 Å². The van der Waals surface area contributed by atoms with E-state index in [1.54, 1.807) is 11.3 Å². The van der Waals surface area contributed by atoms with E-state index in [1.165, 1.54) is 10.4 Å². The minimum absolute atomic E-state index is 0.495. The maximum absolute atomic E-state index is 5.90. The summed E-state index contributed by atoms with van der Waals surface area (Å²) in [7, 11) is 0. The maximum atomic E-state index is 5.90. The minimum atomic E-state index is 0.495. The summed E-state index contributed by atoms with van der Waals surface area (Å²) in [5, 5.41) is 2.11. The van der Waals surface area contributed by atoms with Crippen LogP contribution in [0.25, 0.3) is 10.4 Å². The van der Waals surface area contributed by atoms with Crippen molar-refractivity contribution < 1.29 is 9.47 Å². The number of hydrogen-bond acceptors (Lipinski definition) is 4. The van der Waals surface area contributed by atoms with Crippen molar-refractivity contribution in [2.45, 2.75) is 27.7 Å². The third-order valence-electron chi connectivity index (χ3n) is 5.29. The monoisotopic (exact) mass is 471 g/mol. The molecule has 4 rings (SSSR count). The van der Waals surface area contributed by atoms with E-state index in [9.17, 15) is 0 Å². The fraction of sp³-hybridized carbons (Fsp3) is 0.267. The summed E-state index contributed by atoms with van der Waals surface area (Å²) in [4.78, 5) is 3.54. The number of rotatable bonds is 10. The summed E-state index contributed by atoms with van der Waals surface area (Å²) < 4.78 is 11.8. The lowest BCUT2D eigenvalue weighted by Crippen LogP contribution is -2.10. The van der Waals surface area contributed by atoms with Crippen molar-refractivity contribution in [2.24, 2.45) is 11.8 Å². The number of anilines is 3. The highest BCUT2D eigenvalue weighted by atomic mass is 32.1. The van der Waals surface area contributed by atoms with Gasteiger partial charge in [-0.1, -0.05) is 45.9 Å². The first-order chi connectivity index (χ1) is 16.5. The molecule has 176 valence electrons. The zero-order chi connectivity index (χ0) is 23.9. The first kappa shape index (κ1) is 23.9. The predicted molar refractivity (Wildman–Crippen MR) is 145 cm³/mol. The van der Waals surface area contributed by atoms with Crippen LogP contribution >= 0.6 is 11.3 Å². The Kier molecular flexibility index (Phi) is 7.91. The Hall–Kier alpha value is -3.24. The molecule has 0 fully saturated rings. The van der Waals surface area contributed by atoms with Gasteiger partial charge in [0.25, 0.3) is 0 Å². The Bertz CT molecular complexity index is 1080. The van der Waals surface area contributed by atoms with Crippen LogP contribution in [0.3, 0.4) is 0 Å². The molecule has 3 nitrogen and oxygen atoms in total. The molecule has 0 unspecified atom stereocenters. The molecular formula is C30H33NO2S. The molecule has 0 aliphatic carbocycles.